The number of fused-ring (bicyclic) bond motifs is 1. The highest BCUT2D eigenvalue weighted by Gasteiger charge is 2.31. The van der Waals surface area contributed by atoms with Crippen LogP contribution in [0.4, 0.5) is 11.4 Å². The van der Waals surface area contributed by atoms with Crippen LogP contribution in [0.3, 0.4) is 0 Å². The molecule has 1 atom stereocenters. The van der Waals surface area contributed by atoms with Crippen molar-refractivity contribution in [1.82, 2.24) is 0 Å². The molecule has 0 aliphatic carbocycles. The smallest absolute Gasteiger partial charge is 0.265 e. The average molecular weight is 417 g/mol. The Labute approximate surface area is 172 Å². The molecule has 2 aromatic carbocycles. The third-order valence-electron chi connectivity index (χ3n) is 4.98. The van der Waals surface area contributed by atoms with E-state index in [-0.39, 0.29) is 18.9 Å². The molecular weight excluding hydrogens is 388 g/mol. The van der Waals surface area contributed by atoms with Gasteiger partial charge < -0.3 is 10.1 Å². The van der Waals surface area contributed by atoms with Gasteiger partial charge in [-0.2, -0.15) is 0 Å². The zero-order valence-electron chi connectivity index (χ0n) is 17.1. The van der Waals surface area contributed by atoms with Crippen molar-refractivity contribution in [3.63, 3.8) is 0 Å². The molecule has 29 heavy (non-hydrogen) atoms. The highest BCUT2D eigenvalue weighted by Crippen LogP contribution is 2.35. The van der Waals surface area contributed by atoms with Crippen LogP contribution in [0.1, 0.15) is 37.3 Å². The van der Waals surface area contributed by atoms with Crippen molar-refractivity contribution in [2.75, 3.05) is 22.4 Å². The minimum Gasteiger partial charge on any atom is -0.478 e. The molecule has 1 unspecified atom stereocenters. The number of sulfonamides is 1. The first-order chi connectivity index (χ1) is 13.8. The predicted molar refractivity (Wildman–Crippen MR) is 116 cm³/mol. The predicted octanol–water partition coefficient (Wildman–Crippen LogP) is 3.89. The zero-order chi connectivity index (χ0) is 21.0. The Balaban J connectivity index is 1.76. The van der Waals surface area contributed by atoms with Gasteiger partial charge in [0.25, 0.3) is 5.91 Å². The molecule has 0 saturated carbocycles. The lowest BCUT2D eigenvalue weighted by molar-refractivity contribution is -0.122. The molecule has 7 heteroatoms. The van der Waals surface area contributed by atoms with Gasteiger partial charge in [0.1, 0.15) is 5.75 Å². The van der Waals surface area contributed by atoms with Gasteiger partial charge in [0.05, 0.1) is 11.9 Å². The molecule has 3 rings (SSSR count). The van der Waals surface area contributed by atoms with Crippen molar-refractivity contribution in [2.24, 2.45) is 0 Å². The second-order valence-electron chi connectivity index (χ2n) is 7.49. The number of amides is 1. The number of aryl methyl sites for hydroxylation is 2. The highest BCUT2D eigenvalue weighted by molar-refractivity contribution is 7.92. The van der Waals surface area contributed by atoms with Gasteiger partial charge in [0, 0.05) is 18.7 Å². The lowest BCUT2D eigenvalue weighted by atomic mass is 10.1. The standard InChI is InChI=1S/C22H28N2O4S/c1-4-5-6-17-8-10-18(11-9-17)23-22(25)21-13-14-24(29(3,26)27)19-15-16(2)7-12-20(19)28-21/h7-12,15,21H,4-6,13-14H2,1-3H3,(H,23,25). The van der Waals surface area contributed by atoms with Crippen LogP contribution in [0.25, 0.3) is 0 Å². The third-order valence-corrected chi connectivity index (χ3v) is 6.16. The molecule has 0 radical (unpaired) electrons. The normalized spacial score (nSPS) is 16.5. The Bertz CT molecular complexity index is 971. The van der Waals surface area contributed by atoms with E-state index in [0.717, 1.165) is 24.8 Å². The Morgan fingerprint density at radius 2 is 1.93 bits per heavy atom. The Hall–Kier alpha value is -2.54. The summed E-state index contributed by atoms with van der Waals surface area (Å²) in [5.41, 5.74) is 3.34. The minimum absolute atomic E-state index is 0.184. The molecule has 2 aromatic rings. The van der Waals surface area contributed by atoms with Gasteiger partial charge in [-0.05, 0) is 55.2 Å². The summed E-state index contributed by atoms with van der Waals surface area (Å²) in [6.45, 7) is 4.23. The van der Waals surface area contributed by atoms with E-state index in [1.807, 2.05) is 37.3 Å². The number of unbranched alkanes of at least 4 members (excludes halogenated alkanes) is 1. The van der Waals surface area contributed by atoms with Gasteiger partial charge in [0.2, 0.25) is 10.0 Å². The molecule has 1 heterocycles. The summed E-state index contributed by atoms with van der Waals surface area (Å²) in [5, 5.41) is 2.89. The fraction of sp³-hybridized carbons (Fsp3) is 0.409. The topological polar surface area (TPSA) is 75.7 Å². The number of nitrogens with zero attached hydrogens (tertiary/aromatic N) is 1. The molecule has 0 bridgehead atoms. The highest BCUT2D eigenvalue weighted by atomic mass is 32.2. The van der Waals surface area contributed by atoms with Gasteiger partial charge in [-0.25, -0.2) is 8.42 Å². The molecule has 0 saturated heterocycles. The van der Waals surface area contributed by atoms with Crippen molar-refractivity contribution in [1.29, 1.82) is 0 Å². The molecule has 1 amide bonds. The Morgan fingerprint density at radius 1 is 1.21 bits per heavy atom. The van der Waals surface area contributed by atoms with E-state index >= 15 is 0 Å². The SMILES string of the molecule is CCCCc1ccc(NC(=O)C2CCN(S(C)(=O)=O)c3cc(C)ccc3O2)cc1. The first kappa shape index (κ1) is 21.2. The van der Waals surface area contributed by atoms with Crippen molar-refractivity contribution in [2.45, 2.75) is 45.6 Å². The van der Waals surface area contributed by atoms with E-state index in [2.05, 4.69) is 12.2 Å². The summed E-state index contributed by atoms with van der Waals surface area (Å²) in [4.78, 5) is 12.8. The van der Waals surface area contributed by atoms with Crippen LogP contribution in [0.5, 0.6) is 5.75 Å². The molecule has 1 N–H and O–H groups in total. The van der Waals surface area contributed by atoms with Crippen molar-refractivity contribution < 1.29 is 17.9 Å². The first-order valence-corrected chi connectivity index (χ1v) is 11.8. The summed E-state index contributed by atoms with van der Waals surface area (Å²) in [6, 6.07) is 13.1. The maximum absolute atomic E-state index is 12.8. The largest absolute Gasteiger partial charge is 0.478 e. The minimum atomic E-state index is -3.48. The summed E-state index contributed by atoms with van der Waals surface area (Å²) in [5.74, 6) is 0.113. The molecule has 0 spiro atoms. The maximum atomic E-state index is 12.8. The summed E-state index contributed by atoms with van der Waals surface area (Å²) < 4.78 is 31.8. The lowest BCUT2D eigenvalue weighted by Gasteiger charge is -2.21. The van der Waals surface area contributed by atoms with Crippen LogP contribution >= 0.6 is 0 Å². The number of ether oxygens (including phenoxy) is 1. The van der Waals surface area contributed by atoms with Gasteiger partial charge in [-0.3, -0.25) is 9.10 Å². The van der Waals surface area contributed by atoms with E-state index in [1.54, 1.807) is 12.1 Å². The second kappa shape index (κ2) is 8.86. The fourth-order valence-electron chi connectivity index (χ4n) is 3.38. The van der Waals surface area contributed by atoms with Crippen LogP contribution in [0.15, 0.2) is 42.5 Å². The number of rotatable bonds is 6. The van der Waals surface area contributed by atoms with Crippen LogP contribution in [0.2, 0.25) is 0 Å². The molecular formula is C22H28N2O4S. The number of anilines is 2. The molecule has 1 aliphatic heterocycles. The summed E-state index contributed by atoms with van der Waals surface area (Å²) >= 11 is 0. The number of carbonyl (C=O) groups is 1. The first-order valence-electron chi connectivity index (χ1n) is 9.92. The summed E-state index contributed by atoms with van der Waals surface area (Å²) in [6.07, 6.45) is 3.96. The van der Waals surface area contributed by atoms with Gasteiger partial charge in [-0.1, -0.05) is 31.5 Å². The van der Waals surface area contributed by atoms with E-state index in [9.17, 15) is 13.2 Å². The van der Waals surface area contributed by atoms with Crippen LogP contribution in [0, 0.1) is 6.92 Å². The van der Waals surface area contributed by atoms with E-state index in [0.29, 0.717) is 17.1 Å². The van der Waals surface area contributed by atoms with Crippen molar-refractivity contribution in [3.05, 3.63) is 53.6 Å². The third kappa shape index (κ3) is 5.29. The van der Waals surface area contributed by atoms with E-state index in [4.69, 9.17) is 4.74 Å². The van der Waals surface area contributed by atoms with Crippen molar-refractivity contribution in [3.8, 4) is 5.75 Å². The van der Waals surface area contributed by atoms with Gasteiger partial charge in [0.15, 0.2) is 6.10 Å². The van der Waals surface area contributed by atoms with Crippen LogP contribution < -0.4 is 14.4 Å². The molecule has 156 valence electrons. The van der Waals surface area contributed by atoms with Gasteiger partial charge in [-0.15, -0.1) is 0 Å². The summed E-state index contributed by atoms with van der Waals surface area (Å²) in [7, 11) is -3.48. The van der Waals surface area contributed by atoms with E-state index in [1.165, 1.54) is 16.1 Å². The average Bonchev–Trinajstić information content (AvgIpc) is 2.86. The number of carbonyl (C=O) groups excluding carboxylic acids is 1. The number of benzene rings is 2. The quantitative estimate of drug-likeness (QED) is 0.775. The monoisotopic (exact) mass is 416 g/mol. The van der Waals surface area contributed by atoms with Crippen molar-refractivity contribution >= 4 is 27.3 Å². The Kier molecular flexibility index (Phi) is 6.47. The lowest BCUT2D eigenvalue weighted by Crippen LogP contribution is -2.35. The van der Waals surface area contributed by atoms with Crippen LogP contribution in [-0.2, 0) is 21.2 Å². The second-order valence-corrected chi connectivity index (χ2v) is 9.40. The molecule has 0 fully saturated rings. The zero-order valence-corrected chi connectivity index (χ0v) is 18.0. The maximum Gasteiger partial charge on any atom is 0.265 e. The molecule has 1 aliphatic rings. The number of hydrogen-bond acceptors (Lipinski definition) is 4. The van der Waals surface area contributed by atoms with E-state index < -0.39 is 16.1 Å². The molecule has 6 nitrogen and oxygen atoms in total. The van der Waals surface area contributed by atoms with Gasteiger partial charge >= 0.3 is 0 Å². The molecule has 0 aromatic heterocycles. The number of hydrogen-bond donors (Lipinski definition) is 1. The Morgan fingerprint density at radius 3 is 2.59 bits per heavy atom. The van der Waals surface area contributed by atoms with Crippen LogP contribution in [-0.4, -0.2) is 33.2 Å². The fourth-order valence-corrected chi connectivity index (χ4v) is 4.31. The number of nitrogens with one attached hydrogen (secondary N) is 1.